The minimum atomic E-state index is -0.992. The van der Waals surface area contributed by atoms with Crippen molar-refractivity contribution in [3.05, 3.63) is 40.5 Å². The number of rotatable bonds is 3. The number of hydrogen-bond donors (Lipinski definition) is 2. The normalized spacial score (nSPS) is 13.9. The van der Waals surface area contributed by atoms with Crippen LogP contribution in [0.4, 0.5) is 10.7 Å². The number of carboxylic acid groups (broad SMARTS) is 1. The van der Waals surface area contributed by atoms with E-state index in [1.165, 1.54) is 35.3 Å². The summed E-state index contributed by atoms with van der Waals surface area (Å²) in [6, 6.07) is 6.19. The Labute approximate surface area is 115 Å². The van der Waals surface area contributed by atoms with E-state index in [2.05, 4.69) is 16.4 Å². The first-order chi connectivity index (χ1) is 9.25. The largest absolute Gasteiger partial charge is 0.476 e. The van der Waals surface area contributed by atoms with E-state index >= 15 is 0 Å². The van der Waals surface area contributed by atoms with Crippen LogP contribution in [-0.4, -0.2) is 16.1 Å². The lowest BCUT2D eigenvalue weighted by molar-refractivity contribution is 0.0692. The van der Waals surface area contributed by atoms with Crippen molar-refractivity contribution in [2.45, 2.75) is 25.7 Å². The molecule has 0 bridgehead atoms. The maximum atomic E-state index is 11.1. The molecular formula is C14H14N2O2S. The van der Waals surface area contributed by atoms with Crippen LogP contribution in [0.2, 0.25) is 0 Å². The van der Waals surface area contributed by atoms with Crippen LogP contribution in [0, 0.1) is 0 Å². The summed E-state index contributed by atoms with van der Waals surface area (Å²) >= 11 is 1.32. The molecule has 1 aliphatic rings. The lowest BCUT2D eigenvalue weighted by atomic mass is 9.90. The Kier molecular flexibility index (Phi) is 3.21. The molecule has 0 spiro atoms. The molecule has 1 heterocycles. The van der Waals surface area contributed by atoms with Gasteiger partial charge in [0.25, 0.3) is 0 Å². The summed E-state index contributed by atoms with van der Waals surface area (Å²) in [6.07, 6.45) is 4.59. The van der Waals surface area contributed by atoms with Crippen LogP contribution in [0.15, 0.2) is 23.7 Å². The fourth-order valence-electron chi connectivity index (χ4n) is 2.51. The summed E-state index contributed by atoms with van der Waals surface area (Å²) < 4.78 is 0. The fourth-order valence-corrected chi connectivity index (χ4v) is 3.19. The maximum absolute atomic E-state index is 11.1. The second kappa shape index (κ2) is 5.01. The average molecular weight is 274 g/mol. The number of benzene rings is 1. The van der Waals surface area contributed by atoms with Crippen molar-refractivity contribution >= 4 is 28.0 Å². The lowest BCUT2D eigenvalue weighted by Crippen LogP contribution is -2.07. The predicted octanol–water partition coefficient (Wildman–Crippen LogP) is 3.46. The van der Waals surface area contributed by atoms with E-state index in [0.717, 1.165) is 18.5 Å². The van der Waals surface area contributed by atoms with Gasteiger partial charge in [0.15, 0.2) is 5.69 Å². The summed E-state index contributed by atoms with van der Waals surface area (Å²) in [5, 5.41) is 12.9. The third kappa shape index (κ3) is 2.33. The molecule has 4 nitrogen and oxygen atoms in total. The summed E-state index contributed by atoms with van der Waals surface area (Å²) in [7, 11) is 0. The number of carboxylic acids is 1. The van der Waals surface area contributed by atoms with Crippen molar-refractivity contribution in [3.8, 4) is 0 Å². The van der Waals surface area contributed by atoms with Gasteiger partial charge in [-0.15, -0.1) is 11.3 Å². The second-order valence-electron chi connectivity index (χ2n) is 4.61. The van der Waals surface area contributed by atoms with Crippen LogP contribution in [0.25, 0.3) is 0 Å². The van der Waals surface area contributed by atoms with Gasteiger partial charge < -0.3 is 10.4 Å². The number of carbonyl (C=O) groups is 1. The highest BCUT2D eigenvalue weighted by atomic mass is 32.1. The maximum Gasteiger partial charge on any atom is 0.357 e. The van der Waals surface area contributed by atoms with Crippen molar-refractivity contribution < 1.29 is 9.90 Å². The first kappa shape index (κ1) is 12.2. The van der Waals surface area contributed by atoms with Crippen LogP contribution in [-0.2, 0) is 12.8 Å². The fraction of sp³-hybridized carbons (Fsp3) is 0.286. The van der Waals surface area contributed by atoms with Gasteiger partial charge in [-0.25, -0.2) is 9.78 Å². The van der Waals surface area contributed by atoms with Gasteiger partial charge >= 0.3 is 5.97 Å². The van der Waals surface area contributed by atoms with E-state index in [4.69, 9.17) is 5.11 Å². The summed E-state index contributed by atoms with van der Waals surface area (Å²) in [5.74, 6) is -0.992. The third-order valence-corrected chi connectivity index (χ3v) is 4.16. The first-order valence-electron chi connectivity index (χ1n) is 6.30. The van der Waals surface area contributed by atoms with E-state index in [1.54, 1.807) is 5.51 Å². The molecule has 2 N–H and O–H groups in total. The monoisotopic (exact) mass is 274 g/mol. The molecule has 0 fully saturated rings. The van der Waals surface area contributed by atoms with E-state index in [9.17, 15) is 4.79 Å². The second-order valence-corrected chi connectivity index (χ2v) is 5.47. The van der Waals surface area contributed by atoms with E-state index in [0.29, 0.717) is 5.00 Å². The number of fused-ring (bicyclic) bond motifs is 1. The van der Waals surface area contributed by atoms with Crippen molar-refractivity contribution in [1.82, 2.24) is 4.98 Å². The number of nitrogens with one attached hydrogen (secondary N) is 1. The highest BCUT2D eigenvalue weighted by molar-refractivity contribution is 7.14. The van der Waals surface area contributed by atoms with Crippen LogP contribution >= 0.6 is 11.3 Å². The van der Waals surface area contributed by atoms with Crippen molar-refractivity contribution in [2.75, 3.05) is 5.32 Å². The Bertz CT molecular complexity index is 622. The Morgan fingerprint density at radius 3 is 3.00 bits per heavy atom. The minimum absolute atomic E-state index is 0.0958. The smallest absolute Gasteiger partial charge is 0.357 e. The molecule has 19 heavy (non-hydrogen) atoms. The molecule has 0 saturated heterocycles. The van der Waals surface area contributed by atoms with Gasteiger partial charge in [-0.2, -0.15) is 0 Å². The Balaban J connectivity index is 1.95. The zero-order valence-corrected chi connectivity index (χ0v) is 11.2. The van der Waals surface area contributed by atoms with Crippen molar-refractivity contribution in [1.29, 1.82) is 0 Å². The number of aryl methyl sites for hydroxylation is 1. The molecule has 1 aromatic carbocycles. The van der Waals surface area contributed by atoms with Gasteiger partial charge in [0.2, 0.25) is 0 Å². The van der Waals surface area contributed by atoms with E-state index < -0.39 is 5.97 Å². The zero-order valence-electron chi connectivity index (χ0n) is 10.3. The van der Waals surface area contributed by atoms with Crippen LogP contribution in [0.1, 0.15) is 34.5 Å². The van der Waals surface area contributed by atoms with Gasteiger partial charge in [0.1, 0.15) is 5.00 Å². The molecular weight excluding hydrogens is 260 g/mol. The number of hydrogen-bond acceptors (Lipinski definition) is 4. The first-order valence-corrected chi connectivity index (χ1v) is 7.18. The van der Waals surface area contributed by atoms with Gasteiger partial charge in [-0.1, -0.05) is 12.1 Å². The zero-order chi connectivity index (χ0) is 13.2. The van der Waals surface area contributed by atoms with Crippen molar-refractivity contribution in [3.63, 3.8) is 0 Å². The highest BCUT2D eigenvalue weighted by Gasteiger charge is 2.17. The lowest BCUT2D eigenvalue weighted by Gasteiger charge is -2.19. The molecule has 2 aromatic rings. The molecule has 0 aliphatic heterocycles. The standard InChI is InChI=1S/C14H14N2O2S/c17-14(18)12-13(19-8-15-12)16-11-7-3-5-9-4-1-2-6-10(9)11/h3,5,7-8,16H,1-2,4,6H2,(H,17,18). The Hall–Kier alpha value is -1.88. The SMILES string of the molecule is O=C(O)c1ncsc1Nc1cccc2c1CCCC2. The summed E-state index contributed by atoms with van der Waals surface area (Å²) in [4.78, 5) is 14.9. The van der Waals surface area contributed by atoms with Gasteiger partial charge in [0, 0.05) is 5.69 Å². The molecule has 98 valence electrons. The summed E-state index contributed by atoms with van der Waals surface area (Å²) in [6.45, 7) is 0. The molecule has 0 radical (unpaired) electrons. The Morgan fingerprint density at radius 1 is 1.32 bits per heavy atom. The van der Waals surface area contributed by atoms with Crippen LogP contribution in [0.5, 0.6) is 0 Å². The van der Waals surface area contributed by atoms with Crippen LogP contribution < -0.4 is 5.32 Å². The molecule has 0 unspecified atom stereocenters. The van der Waals surface area contributed by atoms with E-state index in [1.807, 2.05) is 12.1 Å². The number of anilines is 2. The molecule has 0 atom stereocenters. The van der Waals surface area contributed by atoms with Gasteiger partial charge in [-0.05, 0) is 42.9 Å². The predicted molar refractivity (Wildman–Crippen MR) is 75.4 cm³/mol. The molecule has 0 amide bonds. The quantitative estimate of drug-likeness (QED) is 0.899. The molecule has 1 aromatic heterocycles. The Morgan fingerprint density at radius 2 is 2.16 bits per heavy atom. The van der Waals surface area contributed by atoms with Gasteiger partial charge in [-0.3, -0.25) is 0 Å². The molecule has 5 heteroatoms. The molecule has 0 saturated carbocycles. The van der Waals surface area contributed by atoms with Gasteiger partial charge in [0.05, 0.1) is 5.51 Å². The third-order valence-electron chi connectivity index (χ3n) is 3.41. The molecule has 1 aliphatic carbocycles. The highest BCUT2D eigenvalue weighted by Crippen LogP contribution is 2.32. The number of thiazole rings is 1. The number of aromatic nitrogens is 1. The summed E-state index contributed by atoms with van der Waals surface area (Å²) in [5.41, 5.74) is 5.36. The molecule has 3 rings (SSSR count). The van der Waals surface area contributed by atoms with E-state index in [-0.39, 0.29) is 5.69 Å². The minimum Gasteiger partial charge on any atom is -0.476 e. The average Bonchev–Trinajstić information content (AvgIpc) is 2.87. The van der Waals surface area contributed by atoms with Crippen molar-refractivity contribution in [2.24, 2.45) is 0 Å². The topological polar surface area (TPSA) is 62.2 Å². The van der Waals surface area contributed by atoms with Crippen LogP contribution in [0.3, 0.4) is 0 Å². The number of nitrogens with zero attached hydrogens (tertiary/aromatic N) is 1. The number of aromatic carboxylic acids is 1.